The van der Waals surface area contributed by atoms with E-state index in [1.807, 2.05) is 30.3 Å². The molecule has 5 nitrogen and oxygen atoms in total. The average molecular weight is 431 g/mol. The molecule has 1 saturated heterocycles. The molecular weight excluding hydrogens is 400 g/mol. The Morgan fingerprint density at radius 1 is 1.21 bits per heavy atom. The van der Waals surface area contributed by atoms with Crippen molar-refractivity contribution < 1.29 is 7.59 Å². The second-order valence-electron chi connectivity index (χ2n) is 7.25. The molecule has 0 spiro atoms. The molecule has 0 radical (unpaired) electrons. The number of aromatic nitrogens is 1. The van der Waals surface area contributed by atoms with E-state index in [0.29, 0.717) is 11.2 Å². The van der Waals surface area contributed by atoms with Crippen molar-refractivity contribution in [2.75, 3.05) is 19.6 Å². The summed E-state index contributed by atoms with van der Waals surface area (Å²) < 4.78 is 7.09. The predicted octanol–water partition coefficient (Wildman–Crippen LogP) is 5.03. The first-order valence-corrected chi connectivity index (χ1v) is 11.3. The van der Waals surface area contributed by atoms with E-state index < -0.39 is 0 Å². The van der Waals surface area contributed by atoms with Crippen molar-refractivity contribution in [3.63, 3.8) is 0 Å². The molecule has 4 rings (SSSR count). The number of nitrogens with zero attached hydrogens (tertiary/aromatic N) is 2. The molecule has 156 valence electrons. The summed E-state index contributed by atoms with van der Waals surface area (Å²) in [6, 6.07) is 16.9. The third-order valence-corrected chi connectivity index (χ3v) is 6.25. The largest absolute Gasteiger partial charge is 0.431 e. The standard InChI is InChI=1S/C22H26N4OS2.2H2/c1-2-23-21(28)24-17-11-13-26(14-12-17)15-16-7-9-18(10-8-16)27-22-25-19-5-3-4-6-20(19)29-22;;/h3-10,17H,2,11-15H2,1H3,(H2,23,24,28);2*1H. The SMILES string of the molecule is CCNC(=S)NC1CCN(Cc2ccc(Oc3nc4ccccc4s3)cc2)CC1.[HH].[HH]. The number of thiocarbonyl (C=S) groups is 1. The molecule has 1 aliphatic heterocycles. The van der Waals surface area contributed by atoms with Gasteiger partial charge in [-0.15, -0.1) is 0 Å². The van der Waals surface area contributed by atoms with Gasteiger partial charge in [-0.2, -0.15) is 0 Å². The highest BCUT2D eigenvalue weighted by Gasteiger charge is 2.19. The predicted molar refractivity (Wildman–Crippen MR) is 128 cm³/mol. The Balaban J connectivity index is 0.00000171. The highest BCUT2D eigenvalue weighted by Crippen LogP contribution is 2.31. The number of para-hydroxylation sites is 1. The molecule has 29 heavy (non-hydrogen) atoms. The van der Waals surface area contributed by atoms with Crippen LogP contribution in [0.25, 0.3) is 10.2 Å². The molecule has 1 fully saturated rings. The van der Waals surface area contributed by atoms with Crippen LogP contribution in [0.4, 0.5) is 0 Å². The quantitative estimate of drug-likeness (QED) is 0.535. The minimum atomic E-state index is 0. The molecule has 1 aliphatic rings. The first kappa shape index (κ1) is 20.1. The van der Waals surface area contributed by atoms with Crippen LogP contribution in [0.5, 0.6) is 10.9 Å². The molecule has 3 aromatic rings. The van der Waals surface area contributed by atoms with Crippen molar-refractivity contribution in [1.29, 1.82) is 0 Å². The van der Waals surface area contributed by atoms with Crippen LogP contribution in [0.3, 0.4) is 0 Å². The van der Waals surface area contributed by atoms with Gasteiger partial charge in [-0.1, -0.05) is 35.6 Å². The Morgan fingerprint density at radius 2 is 1.97 bits per heavy atom. The van der Waals surface area contributed by atoms with E-state index in [9.17, 15) is 0 Å². The fraction of sp³-hybridized carbons (Fsp3) is 0.364. The van der Waals surface area contributed by atoms with Crippen molar-refractivity contribution in [3.05, 3.63) is 54.1 Å². The van der Waals surface area contributed by atoms with E-state index in [1.54, 1.807) is 11.3 Å². The molecule has 0 bridgehead atoms. The zero-order valence-corrected chi connectivity index (χ0v) is 18.2. The number of fused-ring (bicyclic) bond motifs is 1. The molecule has 0 aliphatic carbocycles. The van der Waals surface area contributed by atoms with Gasteiger partial charge in [0.2, 0.25) is 0 Å². The summed E-state index contributed by atoms with van der Waals surface area (Å²) >= 11 is 6.87. The maximum atomic E-state index is 5.95. The van der Waals surface area contributed by atoms with Crippen LogP contribution in [-0.4, -0.2) is 40.7 Å². The van der Waals surface area contributed by atoms with Crippen molar-refractivity contribution in [1.82, 2.24) is 20.5 Å². The number of nitrogens with one attached hydrogen (secondary N) is 2. The van der Waals surface area contributed by atoms with E-state index >= 15 is 0 Å². The Morgan fingerprint density at radius 3 is 2.69 bits per heavy atom. The molecule has 2 N–H and O–H groups in total. The van der Waals surface area contributed by atoms with Crippen molar-refractivity contribution >= 4 is 38.9 Å². The van der Waals surface area contributed by atoms with Crippen LogP contribution in [-0.2, 0) is 6.54 Å². The molecule has 2 heterocycles. The molecule has 0 atom stereocenters. The van der Waals surface area contributed by atoms with Crippen LogP contribution in [0, 0.1) is 0 Å². The maximum Gasteiger partial charge on any atom is 0.279 e. The van der Waals surface area contributed by atoms with E-state index in [1.165, 1.54) is 5.56 Å². The van der Waals surface area contributed by atoms with Crippen LogP contribution >= 0.6 is 23.6 Å². The minimum absolute atomic E-state index is 0. The summed E-state index contributed by atoms with van der Waals surface area (Å²) in [5, 5.41) is 8.04. The molecule has 0 unspecified atom stereocenters. The molecule has 0 amide bonds. The van der Waals surface area contributed by atoms with E-state index in [4.69, 9.17) is 17.0 Å². The zero-order valence-electron chi connectivity index (χ0n) is 16.6. The number of rotatable bonds is 6. The fourth-order valence-electron chi connectivity index (χ4n) is 3.55. The Labute approximate surface area is 184 Å². The Kier molecular flexibility index (Phi) is 6.59. The van der Waals surface area contributed by atoms with Crippen molar-refractivity contribution in [2.45, 2.75) is 32.4 Å². The van der Waals surface area contributed by atoms with Gasteiger partial charge in [0.25, 0.3) is 5.19 Å². The second kappa shape index (κ2) is 9.52. The van der Waals surface area contributed by atoms with Gasteiger partial charge in [-0.25, -0.2) is 4.98 Å². The number of thiazole rings is 1. The number of ether oxygens (including phenoxy) is 1. The number of hydrogen-bond donors (Lipinski definition) is 2. The summed E-state index contributed by atoms with van der Waals surface area (Å²) in [6.45, 7) is 6.05. The summed E-state index contributed by atoms with van der Waals surface area (Å²) in [7, 11) is 0. The van der Waals surface area contributed by atoms with Crippen LogP contribution in [0.1, 0.15) is 28.2 Å². The maximum absolute atomic E-state index is 5.95. The second-order valence-corrected chi connectivity index (χ2v) is 8.65. The zero-order chi connectivity index (χ0) is 20.1. The average Bonchev–Trinajstić information content (AvgIpc) is 3.13. The first-order valence-electron chi connectivity index (χ1n) is 10.1. The Hall–Kier alpha value is -2.22. The van der Waals surface area contributed by atoms with Gasteiger partial charge in [0.1, 0.15) is 5.75 Å². The summed E-state index contributed by atoms with van der Waals surface area (Å²) in [5.41, 5.74) is 2.28. The van der Waals surface area contributed by atoms with Gasteiger partial charge in [0.05, 0.1) is 10.2 Å². The van der Waals surface area contributed by atoms with Crippen molar-refractivity contribution in [2.24, 2.45) is 0 Å². The van der Waals surface area contributed by atoms with Crippen LogP contribution < -0.4 is 15.4 Å². The number of likely N-dealkylation sites (tertiary alicyclic amines) is 1. The van der Waals surface area contributed by atoms with Crippen LogP contribution in [0.15, 0.2) is 48.5 Å². The smallest absolute Gasteiger partial charge is 0.279 e. The highest BCUT2D eigenvalue weighted by atomic mass is 32.1. The van der Waals surface area contributed by atoms with Crippen LogP contribution in [0.2, 0.25) is 0 Å². The van der Waals surface area contributed by atoms with Gasteiger partial charge in [0.15, 0.2) is 5.11 Å². The summed E-state index contributed by atoms with van der Waals surface area (Å²) in [5.74, 6) is 0.827. The number of benzene rings is 2. The van der Waals surface area contributed by atoms with Gasteiger partial charge in [-0.3, -0.25) is 4.90 Å². The monoisotopic (exact) mass is 430 g/mol. The number of hydrogen-bond acceptors (Lipinski definition) is 5. The highest BCUT2D eigenvalue weighted by molar-refractivity contribution is 7.80. The minimum Gasteiger partial charge on any atom is -0.431 e. The molecule has 0 saturated carbocycles. The fourth-order valence-corrected chi connectivity index (χ4v) is 4.69. The lowest BCUT2D eigenvalue weighted by molar-refractivity contribution is 0.199. The van der Waals surface area contributed by atoms with E-state index in [-0.39, 0.29) is 2.85 Å². The van der Waals surface area contributed by atoms with Gasteiger partial charge in [0, 0.05) is 35.1 Å². The molecule has 2 aromatic carbocycles. The third kappa shape index (κ3) is 5.44. The lowest BCUT2D eigenvalue weighted by Gasteiger charge is -2.33. The topological polar surface area (TPSA) is 49.4 Å². The van der Waals surface area contributed by atoms with E-state index in [2.05, 4.69) is 45.6 Å². The van der Waals surface area contributed by atoms with Gasteiger partial charge in [-0.05, 0) is 61.8 Å². The number of piperidine rings is 1. The third-order valence-electron chi connectivity index (χ3n) is 5.07. The molecular formula is C22H30N4OS2. The van der Waals surface area contributed by atoms with Gasteiger partial charge < -0.3 is 15.4 Å². The van der Waals surface area contributed by atoms with E-state index in [0.717, 1.165) is 60.1 Å². The Bertz CT molecular complexity index is 927. The first-order chi connectivity index (χ1) is 14.2. The van der Waals surface area contributed by atoms with Gasteiger partial charge >= 0.3 is 0 Å². The lowest BCUT2D eigenvalue weighted by atomic mass is 10.0. The summed E-state index contributed by atoms with van der Waals surface area (Å²) in [4.78, 5) is 7.03. The normalized spacial score (nSPS) is 15.3. The molecule has 7 heteroatoms. The van der Waals surface area contributed by atoms with Crippen molar-refractivity contribution in [3.8, 4) is 10.9 Å². The summed E-state index contributed by atoms with van der Waals surface area (Å²) in [6.07, 6.45) is 2.23. The lowest BCUT2D eigenvalue weighted by Crippen LogP contribution is -2.47. The molecule has 1 aromatic heterocycles.